The van der Waals surface area contributed by atoms with E-state index in [1.165, 1.54) is 64.6 Å². The standard InChI is InChI=1S/C13H26N2/c1-2-15(12-7-3-4-8-12)13-9-5-6-10-14-11-13/h12-14H,2-11H2,1H3. The van der Waals surface area contributed by atoms with Crippen molar-refractivity contribution in [1.29, 1.82) is 0 Å². The summed E-state index contributed by atoms with van der Waals surface area (Å²) in [4.78, 5) is 2.78. The molecule has 0 aromatic rings. The van der Waals surface area contributed by atoms with E-state index in [-0.39, 0.29) is 0 Å². The number of likely N-dealkylation sites (N-methyl/N-ethyl adjacent to an activating group) is 1. The third kappa shape index (κ3) is 2.94. The predicted molar refractivity (Wildman–Crippen MR) is 65.1 cm³/mol. The maximum absolute atomic E-state index is 3.59. The number of rotatable bonds is 3. The summed E-state index contributed by atoms with van der Waals surface area (Å²) < 4.78 is 0. The molecule has 1 unspecified atom stereocenters. The van der Waals surface area contributed by atoms with Crippen LogP contribution in [0.1, 0.15) is 51.9 Å². The molecule has 2 fully saturated rings. The van der Waals surface area contributed by atoms with E-state index >= 15 is 0 Å². The van der Waals surface area contributed by atoms with Crippen molar-refractivity contribution < 1.29 is 0 Å². The molecule has 2 nitrogen and oxygen atoms in total. The number of hydrogen-bond acceptors (Lipinski definition) is 2. The molecule has 2 rings (SSSR count). The van der Waals surface area contributed by atoms with E-state index in [9.17, 15) is 0 Å². The van der Waals surface area contributed by atoms with Crippen LogP contribution in [0.4, 0.5) is 0 Å². The van der Waals surface area contributed by atoms with Gasteiger partial charge in [0.1, 0.15) is 0 Å². The van der Waals surface area contributed by atoms with Crippen LogP contribution in [-0.2, 0) is 0 Å². The highest BCUT2D eigenvalue weighted by atomic mass is 15.2. The van der Waals surface area contributed by atoms with Crippen LogP contribution in [0.5, 0.6) is 0 Å². The Kier molecular flexibility index (Phi) is 4.45. The first kappa shape index (κ1) is 11.4. The van der Waals surface area contributed by atoms with Crippen molar-refractivity contribution in [2.45, 2.75) is 64.0 Å². The lowest BCUT2D eigenvalue weighted by Crippen LogP contribution is -2.46. The average Bonchev–Trinajstić information content (AvgIpc) is 2.63. The van der Waals surface area contributed by atoms with Crippen LogP contribution >= 0.6 is 0 Å². The molecule has 1 aliphatic carbocycles. The molecule has 2 heteroatoms. The Labute approximate surface area is 94.4 Å². The molecule has 1 aliphatic heterocycles. The summed E-state index contributed by atoms with van der Waals surface area (Å²) in [5, 5.41) is 3.59. The number of nitrogens with one attached hydrogen (secondary N) is 1. The molecule has 1 saturated carbocycles. The molecule has 0 amide bonds. The summed E-state index contributed by atoms with van der Waals surface area (Å²) in [6, 6.07) is 1.72. The minimum absolute atomic E-state index is 0.820. The monoisotopic (exact) mass is 210 g/mol. The molecular formula is C13H26N2. The lowest BCUT2D eigenvalue weighted by atomic mass is 10.1. The molecule has 0 aromatic carbocycles. The highest BCUT2D eigenvalue weighted by molar-refractivity contribution is 4.84. The first-order valence-electron chi connectivity index (χ1n) is 6.88. The van der Waals surface area contributed by atoms with E-state index < -0.39 is 0 Å². The molecule has 0 aromatic heterocycles. The maximum Gasteiger partial charge on any atom is 0.0223 e. The van der Waals surface area contributed by atoms with Crippen LogP contribution in [0.25, 0.3) is 0 Å². The molecule has 1 heterocycles. The fraction of sp³-hybridized carbons (Fsp3) is 1.00. The van der Waals surface area contributed by atoms with E-state index in [0.717, 1.165) is 12.1 Å². The number of hydrogen-bond donors (Lipinski definition) is 1. The van der Waals surface area contributed by atoms with Crippen molar-refractivity contribution in [2.24, 2.45) is 0 Å². The second-order valence-corrected chi connectivity index (χ2v) is 5.12. The molecule has 88 valence electrons. The SMILES string of the molecule is CCN(C1CCCC1)C1CCCCNC1. The molecule has 1 atom stereocenters. The highest BCUT2D eigenvalue weighted by Gasteiger charge is 2.27. The molecule has 1 N–H and O–H groups in total. The van der Waals surface area contributed by atoms with Crippen molar-refractivity contribution in [2.75, 3.05) is 19.6 Å². The lowest BCUT2D eigenvalue weighted by Gasteiger charge is -2.35. The van der Waals surface area contributed by atoms with Gasteiger partial charge in [0.2, 0.25) is 0 Å². The van der Waals surface area contributed by atoms with Gasteiger partial charge in [-0.2, -0.15) is 0 Å². The lowest BCUT2D eigenvalue weighted by molar-refractivity contribution is 0.137. The van der Waals surface area contributed by atoms with Crippen molar-refractivity contribution in [3.63, 3.8) is 0 Å². The smallest absolute Gasteiger partial charge is 0.0223 e. The van der Waals surface area contributed by atoms with Gasteiger partial charge in [0.25, 0.3) is 0 Å². The van der Waals surface area contributed by atoms with Crippen molar-refractivity contribution in [1.82, 2.24) is 10.2 Å². The molecule has 0 bridgehead atoms. The Bertz CT molecular complexity index is 167. The molecule has 1 saturated heterocycles. The van der Waals surface area contributed by atoms with Gasteiger partial charge in [0, 0.05) is 18.6 Å². The maximum atomic E-state index is 3.59. The molecule has 2 aliphatic rings. The largest absolute Gasteiger partial charge is 0.315 e. The fourth-order valence-electron chi connectivity index (χ4n) is 3.33. The quantitative estimate of drug-likeness (QED) is 0.769. The third-order valence-electron chi connectivity index (χ3n) is 4.15. The van der Waals surface area contributed by atoms with Crippen LogP contribution in [0.15, 0.2) is 0 Å². The summed E-state index contributed by atoms with van der Waals surface area (Å²) in [5.74, 6) is 0. The second-order valence-electron chi connectivity index (χ2n) is 5.12. The second kappa shape index (κ2) is 5.86. The van der Waals surface area contributed by atoms with Crippen molar-refractivity contribution in [3.8, 4) is 0 Å². The summed E-state index contributed by atoms with van der Waals surface area (Å²) in [7, 11) is 0. The molecule has 0 radical (unpaired) electrons. The Hall–Kier alpha value is -0.0800. The van der Waals surface area contributed by atoms with Crippen LogP contribution < -0.4 is 5.32 Å². The predicted octanol–water partition coefficient (Wildman–Crippen LogP) is 2.39. The van der Waals surface area contributed by atoms with E-state index in [2.05, 4.69) is 17.1 Å². The van der Waals surface area contributed by atoms with Gasteiger partial charge >= 0.3 is 0 Å². The van der Waals surface area contributed by atoms with Gasteiger partial charge in [-0.3, -0.25) is 4.90 Å². The normalized spacial score (nSPS) is 29.6. The van der Waals surface area contributed by atoms with E-state index in [0.29, 0.717) is 0 Å². The van der Waals surface area contributed by atoms with Crippen molar-refractivity contribution in [3.05, 3.63) is 0 Å². The summed E-state index contributed by atoms with van der Waals surface area (Å²) in [6.45, 7) is 6.04. The van der Waals surface area contributed by atoms with Gasteiger partial charge in [0.15, 0.2) is 0 Å². The first-order chi connectivity index (χ1) is 7.42. The zero-order chi connectivity index (χ0) is 10.5. The van der Waals surface area contributed by atoms with Crippen molar-refractivity contribution >= 4 is 0 Å². The summed E-state index contributed by atoms with van der Waals surface area (Å²) in [6.07, 6.45) is 10.0. The van der Waals surface area contributed by atoms with Gasteiger partial charge in [0.05, 0.1) is 0 Å². The van der Waals surface area contributed by atoms with Gasteiger partial charge in [-0.05, 0) is 38.8 Å². The Balaban J connectivity index is 1.91. The topological polar surface area (TPSA) is 15.3 Å². The van der Waals surface area contributed by atoms with Crippen LogP contribution in [0.2, 0.25) is 0 Å². The zero-order valence-electron chi connectivity index (χ0n) is 10.2. The van der Waals surface area contributed by atoms with Gasteiger partial charge in [-0.25, -0.2) is 0 Å². The highest BCUT2D eigenvalue weighted by Crippen LogP contribution is 2.26. The van der Waals surface area contributed by atoms with E-state index in [1.807, 2.05) is 0 Å². The van der Waals surface area contributed by atoms with Crippen LogP contribution in [0, 0.1) is 0 Å². The molecule has 0 spiro atoms. The van der Waals surface area contributed by atoms with Gasteiger partial charge in [-0.15, -0.1) is 0 Å². The van der Waals surface area contributed by atoms with Crippen LogP contribution in [-0.4, -0.2) is 36.6 Å². The van der Waals surface area contributed by atoms with E-state index in [4.69, 9.17) is 0 Å². The molecule has 15 heavy (non-hydrogen) atoms. The minimum atomic E-state index is 0.820. The van der Waals surface area contributed by atoms with Gasteiger partial charge < -0.3 is 5.32 Å². The Morgan fingerprint density at radius 2 is 1.67 bits per heavy atom. The number of nitrogens with zero attached hydrogens (tertiary/aromatic N) is 1. The Morgan fingerprint density at radius 1 is 1.00 bits per heavy atom. The zero-order valence-corrected chi connectivity index (χ0v) is 10.2. The van der Waals surface area contributed by atoms with Crippen LogP contribution in [0.3, 0.4) is 0 Å². The Morgan fingerprint density at radius 3 is 2.40 bits per heavy atom. The third-order valence-corrected chi connectivity index (χ3v) is 4.15. The summed E-state index contributed by atoms with van der Waals surface area (Å²) >= 11 is 0. The summed E-state index contributed by atoms with van der Waals surface area (Å²) in [5.41, 5.74) is 0. The first-order valence-corrected chi connectivity index (χ1v) is 6.88. The molecular weight excluding hydrogens is 184 g/mol. The van der Waals surface area contributed by atoms with E-state index in [1.54, 1.807) is 0 Å². The fourth-order valence-corrected chi connectivity index (χ4v) is 3.33. The average molecular weight is 210 g/mol. The van der Waals surface area contributed by atoms with Gasteiger partial charge in [-0.1, -0.05) is 26.2 Å². The minimum Gasteiger partial charge on any atom is -0.315 e.